The maximum absolute atomic E-state index is 12.6. The number of aliphatic hydroxyl groups is 1. The van der Waals surface area contributed by atoms with Crippen LogP contribution in [0.2, 0.25) is 0 Å². The Bertz CT molecular complexity index is 558. The number of carboxylic acids is 1. The van der Waals surface area contributed by atoms with Crippen molar-refractivity contribution < 1.29 is 24.5 Å². The lowest BCUT2D eigenvalue weighted by Gasteiger charge is -2.34. The van der Waals surface area contributed by atoms with Crippen molar-refractivity contribution in [3.05, 3.63) is 29.3 Å². The van der Waals surface area contributed by atoms with Crippen LogP contribution in [-0.2, 0) is 0 Å². The molecule has 6 nitrogen and oxygen atoms in total. The molecule has 0 bridgehead atoms. The summed E-state index contributed by atoms with van der Waals surface area (Å²) in [4.78, 5) is 25.3. The van der Waals surface area contributed by atoms with Crippen LogP contribution in [0.3, 0.4) is 0 Å². The van der Waals surface area contributed by atoms with Crippen LogP contribution in [0.4, 0.5) is 0 Å². The lowest BCUT2D eigenvalue weighted by molar-refractivity contribution is 0.0544. The Morgan fingerprint density at radius 2 is 1.74 bits per heavy atom. The molecule has 0 saturated carbocycles. The topological polar surface area (TPSA) is 87.1 Å². The highest BCUT2D eigenvalue weighted by Crippen LogP contribution is 2.27. The molecule has 1 aromatic carbocycles. The van der Waals surface area contributed by atoms with Crippen molar-refractivity contribution in [1.29, 1.82) is 0 Å². The van der Waals surface area contributed by atoms with Crippen LogP contribution in [0.25, 0.3) is 0 Å². The minimum Gasteiger partial charge on any atom is -0.497 e. The number of nitrogens with zero attached hydrogens (tertiary/aromatic N) is 1. The molecule has 0 saturated heterocycles. The molecule has 0 aliphatic rings. The number of carbonyl (C=O) groups is 2. The van der Waals surface area contributed by atoms with E-state index in [1.807, 2.05) is 13.8 Å². The minimum absolute atomic E-state index is 0.000467. The van der Waals surface area contributed by atoms with E-state index in [4.69, 9.17) is 9.84 Å². The number of carboxylic acid groups (broad SMARTS) is 1. The number of carbonyl (C=O) groups excluding carboxylic acids is 1. The predicted octanol–water partition coefficient (Wildman–Crippen LogP) is 2.26. The average Bonchev–Trinajstić information content (AvgIpc) is 2.58. The van der Waals surface area contributed by atoms with E-state index < -0.39 is 5.97 Å². The van der Waals surface area contributed by atoms with Crippen molar-refractivity contribution in [2.75, 3.05) is 27.3 Å². The highest BCUT2D eigenvalue weighted by molar-refractivity contribution is 5.98. The third-order valence-corrected chi connectivity index (χ3v) is 4.39. The van der Waals surface area contributed by atoms with Crippen LogP contribution < -0.4 is 4.74 Å². The molecule has 0 spiro atoms. The summed E-state index contributed by atoms with van der Waals surface area (Å²) in [6.07, 6.45) is 1.49. The van der Waals surface area contributed by atoms with E-state index in [1.54, 1.807) is 7.05 Å². The summed E-state index contributed by atoms with van der Waals surface area (Å²) in [7, 11) is 3.07. The molecule has 0 fully saturated rings. The summed E-state index contributed by atoms with van der Waals surface area (Å²) < 4.78 is 5.07. The Morgan fingerprint density at radius 1 is 1.17 bits per heavy atom. The lowest BCUT2D eigenvalue weighted by Crippen LogP contribution is -2.40. The van der Waals surface area contributed by atoms with Gasteiger partial charge in [0.15, 0.2) is 0 Å². The van der Waals surface area contributed by atoms with Gasteiger partial charge < -0.3 is 19.8 Å². The van der Waals surface area contributed by atoms with Crippen LogP contribution in [-0.4, -0.2) is 54.3 Å². The number of hydrogen-bond acceptors (Lipinski definition) is 4. The first-order valence-corrected chi connectivity index (χ1v) is 7.61. The zero-order valence-electron chi connectivity index (χ0n) is 14.1. The molecule has 0 atom stereocenters. The number of rotatable bonds is 8. The van der Waals surface area contributed by atoms with Gasteiger partial charge in [0.05, 0.1) is 19.3 Å². The van der Waals surface area contributed by atoms with Crippen molar-refractivity contribution in [3.8, 4) is 5.75 Å². The van der Waals surface area contributed by atoms with Gasteiger partial charge in [-0.1, -0.05) is 13.8 Å². The lowest BCUT2D eigenvalue weighted by atomic mass is 9.82. The molecule has 0 aliphatic heterocycles. The van der Waals surface area contributed by atoms with E-state index in [0.717, 1.165) is 12.8 Å². The summed E-state index contributed by atoms with van der Waals surface area (Å²) in [5.74, 6) is -1.10. The Morgan fingerprint density at radius 3 is 2.17 bits per heavy atom. The molecule has 6 heteroatoms. The summed E-state index contributed by atoms with van der Waals surface area (Å²) >= 11 is 0. The number of aliphatic hydroxyl groups excluding tert-OH is 1. The number of hydrogen-bond donors (Lipinski definition) is 2. The molecule has 23 heavy (non-hydrogen) atoms. The van der Waals surface area contributed by atoms with E-state index in [-0.39, 0.29) is 29.1 Å². The summed E-state index contributed by atoms with van der Waals surface area (Å²) in [6.45, 7) is 4.35. The van der Waals surface area contributed by atoms with Crippen molar-refractivity contribution in [2.24, 2.45) is 5.41 Å². The highest BCUT2D eigenvalue weighted by Gasteiger charge is 2.29. The van der Waals surface area contributed by atoms with E-state index in [9.17, 15) is 14.7 Å². The average molecular weight is 323 g/mol. The Labute approximate surface area is 136 Å². The first-order valence-electron chi connectivity index (χ1n) is 7.61. The van der Waals surface area contributed by atoms with Crippen LogP contribution in [0.1, 0.15) is 47.4 Å². The monoisotopic (exact) mass is 323 g/mol. The van der Waals surface area contributed by atoms with Crippen LogP contribution in [0.5, 0.6) is 5.75 Å². The third-order valence-electron chi connectivity index (χ3n) is 4.39. The molecule has 1 aromatic rings. The molecule has 0 heterocycles. The second kappa shape index (κ2) is 7.97. The van der Waals surface area contributed by atoms with Gasteiger partial charge in [-0.05, 0) is 31.0 Å². The molecular weight excluding hydrogens is 298 g/mol. The Balaban J connectivity index is 3.08. The number of benzene rings is 1. The van der Waals surface area contributed by atoms with Crippen molar-refractivity contribution >= 4 is 11.9 Å². The van der Waals surface area contributed by atoms with Gasteiger partial charge in [0.25, 0.3) is 5.91 Å². The standard InChI is InChI=1S/C17H25NO5/c1-5-17(6-2,11-19)10-18(3)15(20)12-7-13(16(21)22)9-14(8-12)23-4/h7-9,19H,5-6,10-11H2,1-4H3,(H,21,22). The fourth-order valence-corrected chi connectivity index (χ4v) is 2.51. The van der Waals surface area contributed by atoms with E-state index in [0.29, 0.717) is 12.3 Å². The molecule has 1 rings (SSSR count). The fraction of sp³-hybridized carbons (Fsp3) is 0.529. The van der Waals surface area contributed by atoms with Gasteiger partial charge in [0.2, 0.25) is 0 Å². The predicted molar refractivity (Wildman–Crippen MR) is 87.0 cm³/mol. The van der Waals surface area contributed by atoms with Crippen molar-refractivity contribution in [3.63, 3.8) is 0 Å². The van der Waals surface area contributed by atoms with Gasteiger partial charge >= 0.3 is 5.97 Å². The molecule has 0 radical (unpaired) electrons. The van der Waals surface area contributed by atoms with Crippen molar-refractivity contribution in [1.82, 2.24) is 4.90 Å². The van der Waals surface area contributed by atoms with Crippen LogP contribution >= 0.6 is 0 Å². The van der Waals surface area contributed by atoms with Gasteiger partial charge in [-0.3, -0.25) is 4.79 Å². The molecule has 1 amide bonds. The maximum atomic E-state index is 12.6. The number of amides is 1. The van der Waals surface area contributed by atoms with Gasteiger partial charge in [0, 0.05) is 24.6 Å². The molecule has 0 aromatic heterocycles. The molecule has 128 valence electrons. The fourth-order valence-electron chi connectivity index (χ4n) is 2.51. The number of aromatic carboxylic acids is 1. The quantitative estimate of drug-likeness (QED) is 0.766. The summed E-state index contributed by atoms with van der Waals surface area (Å²) in [6, 6.07) is 4.22. The minimum atomic E-state index is -1.12. The van der Waals surface area contributed by atoms with E-state index in [2.05, 4.69) is 0 Å². The molecule has 2 N–H and O–H groups in total. The SMILES string of the molecule is CCC(CC)(CO)CN(C)C(=O)c1cc(OC)cc(C(=O)O)c1. The van der Waals surface area contributed by atoms with Gasteiger partial charge in [-0.2, -0.15) is 0 Å². The van der Waals surface area contributed by atoms with Crippen LogP contribution in [0.15, 0.2) is 18.2 Å². The zero-order chi connectivity index (χ0) is 17.6. The van der Waals surface area contributed by atoms with E-state index in [1.165, 1.54) is 30.2 Å². The summed E-state index contributed by atoms with van der Waals surface area (Å²) in [5.41, 5.74) is -0.0948. The van der Waals surface area contributed by atoms with Crippen molar-refractivity contribution in [2.45, 2.75) is 26.7 Å². The highest BCUT2D eigenvalue weighted by atomic mass is 16.5. The molecular formula is C17H25NO5. The molecule has 0 unspecified atom stereocenters. The molecule has 0 aliphatic carbocycles. The van der Waals surface area contributed by atoms with Crippen LogP contribution in [0, 0.1) is 5.41 Å². The van der Waals surface area contributed by atoms with Gasteiger partial charge in [-0.15, -0.1) is 0 Å². The second-order valence-corrected chi connectivity index (χ2v) is 5.78. The van der Waals surface area contributed by atoms with Gasteiger partial charge in [-0.25, -0.2) is 4.79 Å². The Hall–Kier alpha value is -2.08. The second-order valence-electron chi connectivity index (χ2n) is 5.78. The normalized spacial score (nSPS) is 11.2. The number of ether oxygens (including phenoxy) is 1. The smallest absolute Gasteiger partial charge is 0.335 e. The summed E-state index contributed by atoms with van der Waals surface area (Å²) in [5, 5.41) is 18.8. The van der Waals surface area contributed by atoms with E-state index >= 15 is 0 Å². The first kappa shape index (κ1) is 19.0. The largest absolute Gasteiger partial charge is 0.497 e. The first-order chi connectivity index (χ1) is 10.8. The maximum Gasteiger partial charge on any atom is 0.335 e. The zero-order valence-corrected chi connectivity index (χ0v) is 14.1. The number of methoxy groups -OCH3 is 1. The van der Waals surface area contributed by atoms with Gasteiger partial charge in [0.1, 0.15) is 5.75 Å². The Kier molecular flexibility index (Phi) is 6.57. The third kappa shape index (κ3) is 4.45.